The summed E-state index contributed by atoms with van der Waals surface area (Å²) >= 11 is 0. The summed E-state index contributed by atoms with van der Waals surface area (Å²) in [4.78, 5) is 5.98. The summed E-state index contributed by atoms with van der Waals surface area (Å²) in [7, 11) is 1.60. The normalized spacial score (nSPS) is 16.5. The van der Waals surface area contributed by atoms with E-state index in [1.807, 2.05) is 18.7 Å². The third-order valence-corrected chi connectivity index (χ3v) is 4.44. The predicted octanol–water partition coefficient (Wildman–Crippen LogP) is 3.62. The van der Waals surface area contributed by atoms with Crippen LogP contribution >= 0.6 is 24.0 Å². The number of morpholine rings is 1. The average Bonchev–Trinajstić information content (AvgIpc) is 2.64. The number of rotatable bonds is 5. The third-order valence-electron chi connectivity index (χ3n) is 4.44. The molecule has 1 unspecified atom stereocenters. The van der Waals surface area contributed by atoms with Crippen molar-refractivity contribution in [2.75, 3.05) is 38.3 Å². The van der Waals surface area contributed by atoms with Crippen LogP contribution in [-0.2, 0) is 17.5 Å². The topological polar surface area (TPSA) is 48.9 Å². The molecular weight excluding hydrogens is 472 g/mol. The maximum atomic E-state index is 13.5. The van der Waals surface area contributed by atoms with E-state index in [0.29, 0.717) is 38.0 Å². The fourth-order valence-corrected chi connectivity index (χ4v) is 2.71. The van der Waals surface area contributed by atoms with Crippen molar-refractivity contribution in [1.82, 2.24) is 10.6 Å². The van der Waals surface area contributed by atoms with E-state index in [1.54, 1.807) is 13.1 Å². The molecule has 0 aliphatic carbocycles. The first-order valence-corrected chi connectivity index (χ1v) is 8.85. The highest BCUT2D eigenvalue weighted by Crippen LogP contribution is 2.35. The maximum Gasteiger partial charge on any atom is 0.416 e. The van der Waals surface area contributed by atoms with Gasteiger partial charge < -0.3 is 20.3 Å². The molecule has 9 heteroatoms. The van der Waals surface area contributed by atoms with Crippen molar-refractivity contribution < 1.29 is 17.9 Å². The van der Waals surface area contributed by atoms with Gasteiger partial charge in [-0.2, -0.15) is 13.2 Å². The molecule has 2 rings (SSSR count). The van der Waals surface area contributed by atoms with Crippen LogP contribution in [0.4, 0.5) is 18.9 Å². The summed E-state index contributed by atoms with van der Waals surface area (Å²) in [5.74, 6) is 0.490. The molecule has 5 nitrogen and oxygen atoms in total. The van der Waals surface area contributed by atoms with Crippen LogP contribution in [0.15, 0.2) is 23.2 Å². The number of halogens is 4. The second-order valence-electron chi connectivity index (χ2n) is 6.32. The minimum atomic E-state index is -4.41. The Morgan fingerprint density at radius 3 is 2.52 bits per heavy atom. The van der Waals surface area contributed by atoms with Crippen LogP contribution in [-0.4, -0.2) is 45.4 Å². The summed E-state index contributed by atoms with van der Waals surface area (Å²) in [6, 6.07) is 4.69. The van der Waals surface area contributed by atoms with Crippen LogP contribution in [0.3, 0.4) is 0 Å². The molecule has 0 bridgehead atoms. The molecule has 154 valence electrons. The Morgan fingerprint density at radius 1 is 1.30 bits per heavy atom. The van der Waals surface area contributed by atoms with E-state index in [9.17, 15) is 13.2 Å². The summed E-state index contributed by atoms with van der Waals surface area (Å²) in [5, 5.41) is 6.11. The van der Waals surface area contributed by atoms with Gasteiger partial charge in [0.05, 0.1) is 18.8 Å². The zero-order chi connectivity index (χ0) is 19.2. The van der Waals surface area contributed by atoms with E-state index in [0.717, 1.165) is 6.42 Å². The lowest BCUT2D eigenvalue weighted by atomic mass is 10.0. The van der Waals surface area contributed by atoms with Gasteiger partial charge in [0.2, 0.25) is 0 Å². The Labute approximate surface area is 175 Å². The molecule has 1 heterocycles. The van der Waals surface area contributed by atoms with Crippen molar-refractivity contribution in [2.24, 2.45) is 4.99 Å². The van der Waals surface area contributed by atoms with E-state index in [2.05, 4.69) is 15.6 Å². The number of hydrogen-bond donors (Lipinski definition) is 2. The number of nitrogens with zero attached hydrogens (tertiary/aromatic N) is 2. The van der Waals surface area contributed by atoms with Crippen molar-refractivity contribution in [3.8, 4) is 0 Å². The number of ether oxygens (including phenoxy) is 1. The molecule has 1 fully saturated rings. The van der Waals surface area contributed by atoms with Crippen molar-refractivity contribution in [3.05, 3.63) is 29.3 Å². The fourth-order valence-electron chi connectivity index (χ4n) is 2.71. The zero-order valence-electron chi connectivity index (χ0n) is 15.9. The molecule has 1 atom stereocenters. The first kappa shape index (κ1) is 23.8. The molecule has 0 radical (unpaired) electrons. The zero-order valence-corrected chi connectivity index (χ0v) is 18.2. The molecule has 0 aromatic heterocycles. The van der Waals surface area contributed by atoms with Crippen LogP contribution in [0.2, 0.25) is 0 Å². The van der Waals surface area contributed by atoms with Crippen molar-refractivity contribution >= 4 is 35.6 Å². The van der Waals surface area contributed by atoms with Crippen LogP contribution in [0.1, 0.15) is 31.4 Å². The lowest BCUT2D eigenvalue weighted by molar-refractivity contribution is -0.138. The van der Waals surface area contributed by atoms with Gasteiger partial charge in [0.1, 0.15) is 0 Å². The van der Waals surface area contributed by atoms with Crippen LogP contribution in [0.25, 0.3) is 0 Å². The van der Waals surface area contributed by atoms with Gasteiger partial charge in [-0.15, -0.1) is 24.0 Å². The molecule has 27 heavy (non-hydrogen) atoms. The van der Waals surface area contributed by atoms with Crippen LogP contribution in [0.5, 0.6) is 0 Å². The van der Waals surface area contributed by atoms with Gasteiger partial charge in [-0.3, -0.25) is 4.99 Å². The van der Waals surface area contributed by atoms with Gasteiger partial charge in [0.15, 0.2) is 5.96 Å². The monoisotopic (exact) mass is 500 g/mol. The summed E-state index contributed by atoms with van der Waals surface area (Å²) in [5.41, 5.74) is 0.154. The standard InChI is InChI=1S/C18H27F3N4O.HI/c1-4-13(2)24-17(22-3)23-12-14-5-6-15(11-16(14)18(19,20)21)25-7-9-26-10-8-25;/h5-6,11,13H,4,7-10,12H2,1-3H3,(H2,22,23,24);1H. The average molecular weight is 500 g/mol. The van der Waals surface area contributed by atoms with Gasteiger partial charge in [-0.25, -0.2) is 0 Å². The number of benzene rings is 1. The van der Waals surface area contributed by atoms with Gasteiger partial charge >= 0.3 is 6.18 Å². The minimum Gasteiger partial charge on any atom is -0.378 e. The van der Waals surface area contributed by atoms with E-state index < -0.39 is 11.7 Å². The number of guanidine groups is 1. The second kappa shape index (κ2) is 10.9. The Morgan fingerprint density at radius 2 is 1.96 bits per heavy atom. The molecule has 0 spiro atoms. The van der Waals surface area contributed by atoms with Crippen LogP contribution < -0.4 is 15.5 Å². The summed E-state index contributed by atoms with van der Waals surface area (Å²) in [6.45, 7) is 6.32. The van der Waals surface area contributed by atoms with Crippen molar-refractivity contribution in [3.63, 3.8) is 0 Å². The highest BCUT2D eigenvalue weighted by molar-refractivity contribution is 14.0. The minimum absolute atomic E-state index is 0. The van der Waals surface area contributed by atoms with Crippen molar-refractivity contribution in [1.29, 1.82) is 0 Å². The lowest BCUT2D eigenvalue weighted by Crippen LogP contribution is -2.41. The second-order valence-corrected chi connectivity index (χ2v) is 6.32. The van der Waals surface area contributed by atoms with Gasteiger partial charge in [-0.1, -0.05) is 13.0 Å². The Hall–Kier alpha value is -1.23. The molecular formula is C18H28F3IN4O. The van der Waals surface area contributed by atoms with Gasteiger partial charge in [-0.05, 0) is 31.0 Å². The molecule has 1 aromatic carbocycles. The summed E-state index contributed by atoms with van der Waals surface area (Å²) < 4.78 is 45.9. The number of anilines is 1. The molecule has 2 N–H and O–H groups in total. The van der Waals surface area contributed by atoms with E-state index in [-0.39, 0.29) is 42.1 Å². The largest absolute Gasteiger partial charge is 0.416 e. The number of nitrogens with one attached hydrogen (secondary N) is 2. The number of alkyl halides is 3. The molecule has 1 saturated heterocycles. The Kier molecular flexibility index (Phi) is 9.65. The molecule has 1 aliphatic rings. The molecule has 1 aliphatic heterocycles. The Bertz CT molecular complexity index is 619. The number of aliphatic imine (C=N–C) groups is 1. The smallest absolute Gasteiger partial charge is 0.378 e. The molecule has 0 amide bonds. The predicted molar refractivity (Wildman–Crippen MR) is 113 cm³/mol. The van der Waals surface area contributed by atoms with Gasteiger partial charge in [0.25, 0.3) is 0 Å². The third kappa shape index (κ3) is 7.02. The SMILES string of the molecule is CCC(C)NC(=NC)NCc1ccc(N2CCOCC2)cc1C(F)(F)F.I. The quantitative estimate of drug-likeness (QED) is 0.369. The maximum absolute atomic E-state index is 13.5. The van der Waals surface area contributed by atoms with Gasteiger partial charge in [0, 0.05) is 38.4 Å². The number of hydrogen-bond acceptors (Lipinski definition) is 3. The van der Waals surface area contributed by atoms with Crippen LogP contribution in [0, 0.1) is 0 Å². The summed E-state index contributed by atoms with van der Waals surface area (Å²) in [6.07, 6.45) is -3.52. The van der Waals surface area contributed by atoms with E-state index in [4.69, 9.17) is 4.74 Å². The lowest BCUT2D eigenvalue weighted by Gasteiger charge is -2.30. The highest BCUT2D eigenvalue weighted by atomic mass is 127. The fraction of sp³-hybridized carbons (Fsp3) is 0.611. The van der Waals surface area contributed by atoms with Crippen molar-refractivity contribution in [2.45, 2.75) is 39.0 Å². The Balaban J connectivity index is 0.00000364. The molecule has 0 saturated carbocycles. The highest BCUT2D eigenvalue weighted by Gasteiger charge is 2.34. The van der Waals surface area contributed by atoms with E-state index in [1.165, 1.54) is 12.1 Å². The van der Waals surface area contributed by atoms with E-state index >= 15 is 0 Å². The first-order chi connectivity index (χ1) is 12.3. The first-order valence-electron chi connectivity index (χ1n) is 8.85. The molecule has 1 aromatic rings.